The van der Waals surface area contributed by atoms with Crippen LogP contribution in [0.5, 0.6) is 0 Å². The van der Waals surface area contributed by atoms with Gasteiger partial charge >= 0.3 is 0 Å². The molecule has 3 rings (SSSR count). The van der Waals surface area contributed by atoms with Crippen LogP contribution in [0.2, 0.25) is 0 Å². The molecule has 1 fully saturated rings. The number of imidazole rings is 1. The summed E-state index contributed by atoms with van der Waals surface area (Å²) < 4.78 is 7.55. The average molecular weight is 329 g/mol. The van der Waals surface area contributed by atoms with Crippen LogP contribution in [0, 0.1) is 5.92 Å². The summed E-state index contributed by atoms with van der Waals surface area (Å²) in [6.07, 6.45) is 6.46. The molecule has 1 aliphatic rings. The second-order valence-electron chi connectivity index (χ2n) is 6.45. The molecule has 0 radical (unpaired) electrons. The first-order chi connectivity index (χ1) is 11.8. The number of rotatable bonds is 7. The Labute approximate surface area is 143 Å². The number of carbonyl (C=O) groups is 1. The molecular formula is C19H27N3O2. The summed E-state index contributed by atoms with van der Waals surface area (Å²) in [5, 5.41) is 3.08. The number of carbonyl (C=O) groups excluding carboxylic acids is 1. The summed E-state index contributed by atoms with van der Waals surface area (Å²) in [4.78, 5) is 17.2. The third-order valence-corrected chi connectivity index (χ3v) is 4.74. The summed E-state index contributed by atoms with van der Waals surface area (Å²) >= 11 is 0. The molecule has 0 saturated heterocycles. The second-order valence-corrected chi connectivity index (χ2v) is 6.45. The minimum absolute atomic E-state index is 0.121. The first kappa shape index (κ1) is 17.0. The Balaban J connectivity index is 1.76. The smallest absolute Gasteiger partial charge is 0.229 e. The first-order valence-corrected chi connectivity index (χ1v) is 9.13. The molecule has 1 aromatic carbocycles. The fourth-order valence-electron chi connectivity index (χ4n) is 3.44. The van der Waals surface area contributed by atoms with E-state index >= 15 is 0 Å². The number of benzene rings is 1. The Hall–Kier alpha value is -1.88. The highest BCUT2D eigenvalue weighted by Gasteiger charge is 2.23. The van der Waals surface area contributed by atoms with Crippen molar-refractivity contribution in [2.75, 3.05) is 18.5 Å². The van der Waals surface area contributed by atoms with E-state index in [1.54, 1.807) is 0 Å². The topological polar surface area (TPSA) is 56.1 Å². The van der Waals surface area contributed by atoms with E-state index in [-0.39, 0.29) is 11.8 Å². The van der Waals surface area contributed by atoms with Crippen LogP contribution in [0.4, 0.5) is 5.95 Å². The number of anilines is 1. The van der Waals surface area contributed by atoms with Gasteiger partial charge in [-0.1, -0.05) is 31.4 Å². The molecular weight excluding hydrogens is 302 g/mol. The lowest BCUT2D eigenvalue weighted by Gasteiger charge is -2.20. The zero-order chi connectivity index (χ0) is 16.8. The second kappa shape index (κ2) is 8.29. The van der Waals surface area contributed by atoms with Gasteiger partial charge in [-0.2, -0.15) is 0 Å². The van der Waals surface area contributed by atoms with Crippen molar-refractivity contribution in [3.63, 3.8) is 0 Å². The standard InChI is InChI=1S/C19H27N3O2/c1-2-24-14-8-13-22-17-12-7-6-11-16(17)20-19(22)21-18(23)15-9-4-3-5-10-15/h6-7,11-12,15H,2-5,8-10,13-14H2,1H3,(H,20,21,23). The normalized spacial score (nSPS) is 15.7. The Bertz CT molecular complexity index is 674. The molecule has 0 aliphatic heterocycles. The van der Waals surface area contributed by atoms with Gasteiger partial charge in [0.15, 0.2) is 0 Å². The number of aryl methyl sites for hydroxylation is 1. The Morgan fingerprint density at radius 3 is 2.88 bits per heavy atom. The highest BCUT2D eigenvalue weighted by Crippen LogP contribution is 2.26. The number of nitrogens with zero attached hydrogens (tertiary/aromatic N) is 2. The Morgan fingerprint density at radius 2 is 2.08 bits per heavy atom. The number of nitrogens with one attached hydrogen (secondary N) is 1. The van der Waals surface area contributed by atoms with Gasteiger partial charge in [-0.05, 0) is 38.3 Å². The molecule has 1 saturated carbocycles. The lowest BCUT2D eigenvalue weighted by Crippen LogP contribution is -2.26. The molecule has 130 valence electrons. The monoisotopic (exact) mass is 329 g/mol. The molecule has 0 atom stereocenters. The molecule has 0 spiro atoms. The molecule has 5 heteroatoms. The minimum atomic E-state index is 0.121. The summed E-state index contributed by atoms with van der Waals surface area (Å²) in [5.74, 6) is 0.926. The van der Waals surface area contributed by atoms with E-state index in [0.717, 1.165) is 62.9 Å². The van der Waals surface area contributed by atoms with Crippen LogP contribution in [-0.4, -0.2) is 28.7 Å². The van der Waals surface area contributed by atoms with E-state index in [4.69, 9.17) is 4.74 Å². The van der Waals surface area contributed by atoms with Gasteiger partial charge < -0.3 is 9.30 Å². The van der Waals surface area contributed by atoms with Gasteiger partial charge in [0.1, 0.15) is 0 Å². The Kier molecular flexibility index (Phi) is 5.86. The third-order valence-electron chi connectivity index (χ3n) is 4.74. The molecule has 2 aromatic rings. The lowest BCUT2D eigenvalue weighted by atomic mass is 9.89. The van der Waals surface area contributed by atoms with Crippen LogP contribution in [0.3, 0.4) is 0 Å². The van der Waals surface area contributed by atoms with Crippen molar-refractivity contribution in [2.45, 2.75) is 52.0 Å². The van der Waals surface area contributed by atoms with Crippen LogP contribution < -0.4 is 5.32 Å². The predicted octanol–water partition coefficient (Wildman–Crippen LogP) is 3.98. The van der Waals surface area contributed by atoms with Crippen molar-refractivity contribution in [1.29, 1.82) is 0 Å². The van der Waals surface area contributed by atoms with Crippen LogP contribution in [0.25, 0.3) is 11.0 Å². The number of hydrogen-bond donors (Lipinski definition) is 1. The summed E-state index contributed by atoms with van der Waals surface area (Å²) in [5.41, 5.74) is 1.99. The van der Waals surface area contributed by atoms with E-state index in [2.05, 4.69) is 20.9 Å². The number of aromatic nitrogens is 2. The first-order valence-electron chi connectivity index (χ1n) is 9.13. The van der Waals surface area contributed by atoms with Gasteiger partial charge in [0.2, 0.25) is 11.9 Å². The highest BCUT2D eigenvalue weighted by molar-refractivity contribution is 5.93. The molecule has 1 heterocycles. The zero-order valence-electron chi connectivity index (χ0n) is 14.5. The maximum Gasteiger partial charge on any atom is 0.229 e. The number of amides is 1. The average Bonchev–Trinajstić information content (AvgIpc) is 2.97. The van der Waals surface area contributed by atoms with E-state index < -0.39 is 0 Å². The van der Waals surface area contributed by atoms with Crippen molar-refractivity contribution in [2.24, 2.45) is 5.92 Å². The Morgan fingerprint density at radius 1 is 1.29 bits per heavy atom. The summed E-state index contributed by atoms with van der Waals surface area (Å²) in [6, 6.07) is 8.03. The molecule has 1 amide bonds. The van der Waals surface area contributed by atoms with Gasteiger partial charge in [-0.15, -0.1) is 0 Å². The van der Waals surface area contributed by atoms with E-state index in [1.165, 1.54) is 6.42 Å². The number of hydrogen-bond acceptors (Lipinski definition) is 3. The van der Waals surface area contributed by atoms with Crippen LogP contribution >= 0.6 is 0 Å². The van der Waals surface area contributed by atoms with Crippen LogP contribution in [0.1, 0.15) is 45.4 Å². The zero-order valence-corrected chi connectivity index (χ0v) is 14.5. The fourth-order valence-corrected chi connectivity index (χ4v) is 3.44. The largest absolute Gasteiger partial charge is 0.382 e. The quantitative estimate of drug-likeness (QED) is 0.782. The van der Waals surface area contributed by atoms with Gasteiger partial charge in [0.05, 0.1) is 11.0 Å². The van der Waals surface area contributed by atoms with Crippen molar-refractivity contribution < 1.29 is 9.53 Å². The predicted molar refractivity (Wildman–Crippen MR) is 96.0 cm³/mol. The molecule has 1 aromatic heterocycles. The third kappa shape index (κ3) is 3.96. The maximum atomic E-state index is 12.6. The number of ether oxygens (including phenoxy) is 1. The van der Waals surface area contributed by atoms with Gasteiger partial charge in [-0.25, -0.2) is 4.98 Å². The van der Waals surface area contributed by atoms with Crippen molar-refractivity contribution in [1.82, 2.24) is 9.55 Å². The molecule has 24 heavy (non-hydrogen) atoms. The van der Waals surface area contributed by atoms with Crippen LogP contribution in [0.15, 0.2) is 24.3 Å². The molecule has 0 bridgehead atoms. The number of para-hydroxylation sites is 2. The van der Waals surface area contributed by atoms with Gasteiger partial charge in [-0.3, -0.25) is 10.1 Å². The van der Waals surface area contributed by atoms with E-state index in [1.807, 2.05) is 25.1 Å². The van der Waals surface area contributed by atoms with Gasteiger partial charge in [0, 0.05) is 25.7 Å². The van der Waals surface area contributed by atoms with E-state index in [0.29, 0.717) is 5.95 Å². The highest BCUT2D eigenvalue weighted by atomic mass is 16.5. The summed E-state index contributed by atoms with van der Waals surface area (Å²) in [6.45, 7) is 4.25. The fraction of sp³-hybridized carbons (Fsp3) is 0.579. The molecule has 5 nitrogen and oxygen atoms in total. The molecule has 0 unspecified atom stereocenters. The van der Waals surface area contributed by atoms with Gasteiger partial charge in [0.25, 0.3) is 0 Å². The van der Waals surface area contributed by atoms with Crippen molar-refractivity contribution in [3.05, 3.63) is 24.3 Å². The maximum absolute atomic E-state index is 12.6. The lowest BCUT2D eigenvalue weighted by molar-refractivity contribution is -0.120. The number of fused-ring (bicyclic) bond motifs is 1. The van der Waals surface area contributed by atoms with Crippen molar-refractivity contribution in [3.8, 4) is 0 Å². The SMILES string of the molecule is CCOCCCn1c(NC(=O)C2CCCCC2)nc2ccccc21. The molecule has 1 N–H and O–H groups in total. The summed E-state index contributed by atoms with van der Waals surface area (Å²) in [7, 11) is 0. The van der Waals surface area contributed by atoms with Crippen LogP contribution in [-0.2, 0) is 16.1 Å². The minimum Gasteiger partial charge on any atom is -0.382 e. The van der Waals surface area contributed by atoms with Crippen molar-refractivity contribution >= 4 is 22.9 Å². The van der Waals surface area contributed by atoms with E-state index in [9.17, 15) is 4.79 Å². The molecule has 1 aliphatic carbocycles.